The average molecular weight is 476 g/mol. The van der Waals surface area contributed by atoms with Gasteiger partial charge in [-0.3, -0.25) is 9.59 Å². The summed E-state index contributed by atoms with van der Waals surface area (Å²) in [4.78, 5) is 35.6. The zero-order valence-electron chi connectivity index (χ0n) is 21.4. The number of ether oxygens (including phenoxy) is 1. The molecule has 5 nitrogen and oxygen atoms in total. The van der Waals surface area contributed by atoms with Crippen molar-refractivity contribution < 1.29 is 19.1 Å². The Balaban J connectivity index is 1.39. The minimum absolute atomic E-state index is 0.00820. The zero-order chi connectivity index (χ0) is 25.2. The highest BCUT2D eigenvalue weighted by Gasteiger charge is 2.51. The second-order valence-electron chi connectivity index (χ2n) is 11.2. The molecule has 2 aromatic carbocycles. The van der Waals surface area contributed by atoms with E-state index in [0.717, 1.165) is 25.7 Å². The number of fused-ring (bicyclic) bond motifs is 3. The normalized spacial score (nSPS) is 25.3. The topological polar surface area (TPSA) is 72.5 Å². The molecule has 0 radical (unpaired) electrons. The molecule has 0 aromatic heterocycles. The van der Waals surface area contributed by atoms with Crippen molar-refractivity contribution >= 4 is 18.2 Å². The first-order valence-electron chi connectivity index (χ1n) is 12.8. The van der Waals surface area contributed by atoms with Gasteiger partial charge in [-0.25, -0.2) is 4.79 Å². The molecule has 0 aliphatic heterocycles. The van der Waals surface area contributed by atoms with Crippen molar-refractivity contribution in [1.29, 1.82) is 0 Å². The molecule has 1 fully saturated rings. The summed E-state index contributed by atoms with van der Waals surface area (Å²) in [6, 6.07) is 13.2. The third-order valence-electron chi connectivity index (χ3n) is 8.47. The van der Waals surface area contributed by atoms with Crippen LogP contribution >= 0.6 is 0 Å². The molecule has 0 saturated heterocycles. The first-order chi connectivity index (χ1) is 16.7. The molecule has 0 spiro atoms. The van der Waals surface area contributed by atoms with E-state index in [1.54, 1.807) is 12.1 Å². The van der Waals surface area contributed by atoms with Crippen LogP contribution in [0.2, 0.25) is 0 Å². The van der Waals surface area contributed by atoms with Crippen LogP contribution in [0.5, 0.6) is 0 Å². The molecule has 3 atom stereocenters. The second kappa shape index (κ2) is 9.96. The molecule has 4 rings (SSSR count). The fourth-order valence-corrected chi connectivity index (χ4v) is 6.48. The second-order valence-corrected chi connectivity index (χ2v) is 11.2. The average Bonchev–Trinajstić information content (AvgIpc) is 2.85. The number of carbonyl (C=O) groups is 3. The molecular weight excluding hydrogens is 438 g/mol. The van der Waals surface area contributed by atoms with Crippen LogP contribution in [0.1, 0.15) is 96.7 Å². The number of hydrogen-bond acceptors (Lipinski definition) is 4. The van der Waals surface area contributed by atoms with Crippen LogP contribution in [0.4, 0.5) is 0 Å². The molecule has 2 aliphatic carbocycles. The van der Waals surface area contributed by atoms with Crippen molar-refractivity contribution in [2.75, 3.05) is 13.2 Å². The third kappa shape index (κ3) is 5.05. The summed E-state index contributed by atoms with van der Waals surface area (Å²) >= 11 is 0. The summed E-state index contributed by atoms with van der Waals surface area (Å²) in [6.45, 7) is 9.49. The lowest BCUT2D eigenvalue weighted by molar-refractivity contribution is -0.125. The van der Waals surface area contributed by atoms with Crippen molar-refractivity contribution in [2.45, 2.75) is 71.1 Å². The van der Waals surface area contributed by atoms with Gasteiger partial charge in [-0.1, -0.05) is 64.4 Å². The Morgan fingerprint density at radius 1 is 1.11 bits per heavy atom. The van der Waals surface area contributed by atoms with Crippen LogP contribution < -0.4 is 5.32 Å². The number of carbonyl (C=O) groups excluding carboxylic acids is 3. The van der Waals surface area contributed by atoms with Crippen molar-refractivity contribution in [3.05, 3.63) is 70.3 Å². The maximum Gasteiger partial charge on any atom is 0.338 e. The minimum atomic E-state index is -0.571. The summed E-state index contributed by atoms with van der Waals surface area (Å²) in [5, 5.41) is 3.05. The van der Waals surface area contributed by atoms with Crippen LogP contribution in [0, 0.1) is 11.3 Å². The first kappa shape index (κ1) is 25.2. The number of rotatable bonds is 7. The van der Waals surface area contributed by atoms with Crippen molar-refractivity contribution in [3.8, 4) is 0 Å². The van der Waals surface area contributed by atoms with Crippen molar-refractivity contribution in [1.82, 2.24) is 5.32 Å². The van der Waals surface area contributed by atoms with Crippen molar-refractivity contribution in [3.63, 3.8) is 0 Å². The number of aryl methyl sites for hydroxylation is 1. The van der Waals surface area contributed by atoms with Gasteiger partial charge in [0, 0.05) is 12.1 Å². The van der Waals surface area contributed by atoms with E-state index < -0.39 is 5.97 Å². The van der Waals surface area contributed by atoms with E-state index in [9.17, 15) is 14.4 Å². The van der Waals surface area contributed by atoms with Gasteiger partial charge in [0.2, 0.25) is 0 Å². The summed E-state index contributed by atoms with van der Waals surface area (Å²) in [5.74, 6) is 0.163. The summed E-state index contributed by atoms with van der Waals surface area (Å²) in [7, 11) is 0. The highest BCUT2D eigenvalue weighted by Crippen LogP contribution is 2.57. The Morgan fingerprint density at radius 2 is 1.86 bits per heavy atom. The lowest BCUT2D eigenvalue weighted by Gasteiger charge is -2.55. The predicted octanol–water partition coefficient (Wildman–Crippen LogP) is 5.61. The van der Waals surface area contributed by atoms with Gasteiger partial charge in [0.25, 0.3) is 5.91 Å². The van der Waals surface area contributed by atoms with E-state index in [4.69, 9.17) is 4.74 Å². The maximum absolute atomic E-state index is 12.6. The Morgan fingerprint density at radius 3 is 2.54 bits per heavy atom. The highest BCUT2D eigenvalue weighted by atomic mass is 16.5. The Hall–Kier alpha value is -2.95. The maximum atomic E-state index is 12.6. The number of aldehydes is 1. The lowest BCUT2D eigenvalue weighted by atomic mass is 9.49. The molecule has 1 amide bonds. The molecule has 1 N–H and O–H groups in total. The van der Waals surface area contributed by atoms with E-state index in [1.165, 1.54) is 35.2 Å². The smallest absolute Gasteiger partial charge is 0.338 e. The van der Waals surface area contributed by atoms with Gasteiger partial charge in [0.15, 0.2) is 6.61 Å². The van der Waals surface area contributed by atoms with Crippen LogP contribution in [-0.4, -0.2) is 31.3 Å². The lowest BCUT2D eigenvalue weighted by Crippen LogP contribution is -2.53. The van der Waals surface area contributed by atoms with Crippen LogP contribution in [0.25, 0.3) is 0 Å². The van der Waals surface area contributed by atoms with Crippen molar-refractivity contribution in [2.24, 2.45) is 11.3 Å². The zero-order valence-corrected chi connectivity index (χ0v) is 21.4. The number of benzene rings is 2. The minimum Gasteiger partial charge on any atom is -0.452 e. The molecule has 1 saturated carbocycles. The van der Waals surface area contributed by atoms with E-state index in [0.29, 0.717) is 35.8 Å². The van der Waals surface area contributed by atoms with E-state index in [2.05, 4.69) is 51.2 Å². The molecule has 2 aliphatic rings. The van der Waals surface area contributed by atoms with Gasteiger partial charge in [-0.05, 0) is 77.2 Å². The Kier molecular flexibility index (Phi) is 7.16. The molecule has 3 unspecified atom stereocenters. The summed E-state index contributed by atoms with van der Waals surface area (Å²) in [5.41, 5.74) is 5.30. The van der Waals surface area contributed by atoms with E-state index in [1.807, 2.05) is 0 Å². The molecule has 0 bridgehead atoms. The predicted molar refractivity (Wildman–Crippen MR) is 137 cm³/mol. The van der Waals surface area contributed by atoms with E-state index >= 15 is 0 Å². The number of esters is 1. The van der Waals surface area contributed by atoms with Gasteiger partial charge >= 0.3 is 5.97 Å². The molecule has 2 aromatic rings. The first-order valence-corrected chi connectivity index (χ1v) is 12.8. The number of amides is 1. The SMILES string of the molecule is CC(C)c1ccc2c(c1)CCC1C(C)(CNC(=O)COC(=O)c3ccc(C=O)cc3)CCCC21C. The van der Waals surface area contributed by atoms with Crippen LogP contribution in [-0.2, 0) is 21.4 Å². The number of nitrogens with one attached hydrogen (secondary N) is 1. The highest BCUT2D eigenvalue weighted by molar-refractivity contribution is 5.92. The van der Waals surface area contributed by atoms with Gasteiger partial charge in [-0.2, -0.15) is 0 Å². The monoisotopic (exact) mass is 475 g/mol. The quantitative estimate of drug-likeness (QED) is 0.418. The van der Waals surface area contributed by atoms with Gasteiger partial charge in [0.1, 0.15) is 6.29 Å². The largest absolute Gasteiger partial charge is 0.452 e. The van der Waals surface area contributed by atoms with Gasteiger partial charge in [0.05, 0.1) is 5.56 Å². The molecule has 5 heteroatoms. The molecular formula is C30H37NO4. The van der Waals surface area contributed by atoms with E-state index in [-0.39, 0.29) is 23.3 Å². The molecule has 186 valence electrons. The third-order valence-corrected chi connectivity index (χ3v) is 8.47. The standard InChI is InChI=1S/C30H37NO4/c1-20(2)23-10-12-25-24(16-23)11-13-26-29(3,14-5-15-30(25,26)4)19-31-27(33)18-35-28(34)22-8-6-21(17-32)7-9-22/h6-10,12,16-17,20,26H,5,11,13-15,18-19H2,1-4H3,(H,31,33). The fourth-order valence-electron chi connectivity index (χ4n) is 6.48. The van der Waals surface area contributed by atoms with Crippen LogP contribution in [0.3, 0.4) is 0 Å². The Bertz CT molecular complexity index is 1110. The fraction of sp³-hybridized carbons (Fsp3) is 0.500. The summed E-state index contributed by atoms with van der Waals surface area (Å²) in [6.07, 6.45) is 6.32. The number of hydrogen-bond donors (Lipinski definition) is 1. The van der Waals surface area contributed by atoms with Gasteiger partial charge in [-0.15, -0.1) is 0 Å². The Labute approximate surface area is 208 Å². The molecule has 0 heterocycles. The summed E-state index contributed by atoms with van der Waals surface area (Å²) < 4.78 is 5.20. The van der Waals surface area contributed by atoms with Gasteiger partial charge < -0.3 is 10.1 Å². The molecule has 35 heavy (non-hydrogen) atoms. The van der Waals surface area contributed by atoms with Crippen LogP contribution in [0.15, 0.2) is 42.5 Å².